The Morgan fingerprint density at radius 1 is 1.17 bits per heavy atom. The van der Waals surface area contributed by atoms with Gasteiger partial charge in [-0.25, -0.2) is 13.3 Å². The van der Waals surface area contributed by atoms with Gasteiger partial charge in [0, 0.05) is 31.2 Å². The first-order valence-electron chi connectivity index (χ1n) is 13.2. The molecule has 6 rings (SSSR count). The average molecular weight is 502 g/mol. The molecule has 7 unspecified atom stereocenters. The van der Waals surface area contributed by atoms with Crippen molar-refractivity contribution in [3.05, 3.63) is 18.2 Å². The molecular weight excluding hydrogens is 462 g/mol. The molecule has 1 aliphatic heterocycles. The monoisotopic (exact) mass is 501 g/mol. The van der Waals surface area contributed by atoms with E-state index in [0.717, 1.165) is 37.1 Å². The Labute approximate surface area is 209 Å². The maximum atomic E-state index is 13.9. The van der Waals surface area contributed by atoms with Crippen molar-refractivity contribution in [1.82, 2.24) is 14.9 Å². The van der Waals surface area contributed by atoms with Crippen LogP contribution in [0.3, 0.4) is 0 Å². The minimum Gasteiger partial charge on any atom is -0.497 e. The molecule has 2 N–H and O–H groups in total. The number of hydrogen-bond acceptors (Lipinski definition) is 4. The van der Waals surface area contributed by atoms with Crippen molar-refractivity contribution >= 4 is 21.6 Å². The zero-order valence-corrected chi connectivity index (χ0v) is 21.8. The number of nitrogens with zero attached hydrogens (tertiary/aromatic N) is 1. The summed E-state index contributed by atoms with van der Waals surface area (Å²) in [5.74, 6) is 8.11. The maximum absolute atomic E-state index is 13.9. The molecule has 1 heterocycles. The van der Waals surface area contributed by atoms with Crippen LogP contribution in [0.2, 0.25) is 0 Å². The van der Waals surface area contributed by atoms with E-state index in [2.05, 4.69) is 16.5 Å². The molecule has 7 nitrogen and oxygen atoms in total. The Hall–Kier alpha value is -1.93. The molecule has 1 saturated heterocycles. The van der Waals surface area contributed by atoms with Gasteiger partial charge in [0.2, 0.25) is 0 Å². The van der Waals surface area contributed by atoms with Crippen LogP contribution in [-0.2, 0) is 9.71 Å². The van der Waals surface area contributed by atoms with Crippen LogP contribution in [0.1, 0.15) is 51.4 Å². The first-order chi connectivity index (χ1) is 16.8. The smallest absolute Gasteiger partial charge is 0.315 e. The molecule has 35 heavy (non-hydrogen) atoms. The van der Waals surface area contributed by atoms with Gasteiger partial charge in [0.15, 0.2) is 0 Å². The van der Waals surface area contributed by atoms with Gasteiger partial charge in [-0.2, -0.15) is 0 Å². The summed E-state index contributed by atoms with van der Waals surface area (Å²) in [5, 5.41) is 6.67. The normalized spacial score (nSPS) is 38.8. The molecular formula is C27H39N3O4S. The van der Waals surface area contributed by atoms with Crippen molar-refractivity contribution < 1.29 is 18.5 Å². The van der Waals surface area contributed by atoms with Crippen LogP contribution >= 0.6 is 0 Å². The third kappa shape index (κ3) is 3.57. The number of methoxy groups -OCH3 is 2. The molecule has 2 amide bonds. The molecule has 5 fully saturated rings. The van der Waals surface area contributed by atoms with Crippen molar-refractivity contribution in [1.29, 1.82) is 0 Å². The van der Waals surface area contributed by atoms with E-state index >= 15 is 0 Å². The molecule has 0 aromatic heterocycles. The number of fused-ring (bicyclic) bond motifs is 2. The summed E-state index contributed by atoms with van der Waals surface area (Å²) in [6.07, 6.45) is 9.73. The highest BCUT2D eigenvalue weighted by atomic mass is 32.2. The molecule has 3 bridgehead atoms. The lowest BCUT2D eigenvalue weighted by molar-refractivity contribution is -0.0457. The second-order valence-corrected chi connectivity index (χ2v) is 14.1. The van der Waals surface area contributed by atoms with Crippen LogP contribution in [0.15, 0.2) is 23.1 Å². The van der Waals surface area contributed by atoms with Gasteiger partial charge < -0.3 is 20.1 Å². The van der Waals surface area contributed by atoms with Crippen molar-refractivity contribution in [2.24, 2.45) is 29.1 Å². The lowest BCUT2D eigenvalue weighted by Gasteiger charge is -2.59. The van der Waals surface area contributed by atoms with Gasteiger partial charge in [-0.1, -0.05) is 0 Å². The quantitative estimate of drug-likeness (QED) is 0.559. The highest BCUT2D eigenvalue weighted by molar-refractivity contribution is 7.98. The molecule has 1 aromatic carbocycles. The lowest BCUT2D eigenvalue weighted by atomic mass is 9.51. The molecule has 4 saturated carbocycles. The predicted molar refractivity (Wildman–Crippen MR) is 137 cm³/mol. The molecule has 4 aliphatic carbocycles. The van der Waals surface area contributed by atoms with E-state index in [0.29, 0.717) is 34.9 Å². The van der Waals surface area contributed by atoms with Gasteiger partial charge in [-0.3, -0.25) is 0 Å². The maximum Gasteiger partial charge on any atom is 0.315 e. The minimum atomic E-state index is -2.72. The summed E-state index contributed by atoms with van der Waals surface area (Å²) in [5.41, 5.74) is 0.444. The zero-order valence-electron chi connectivity index (χ0n) is 21.0. The van der Waals surface area contributed by atoms with Gasteiger partial charge in [-0.15, -0.1) is 0 Å². The summed E-state index contributed by atoms with van der Waals surface area (Å²) in [4.78, 5) is 13.6. The van der Waals surface area contributed by atoms with E-state index in [1.807, 2.05) is 4.31 Å². The first-order valence-corrected chi connectivity index (χ1v) is 14.9. The number of carbonyl (C=O) groups excluding carboxylic acids is 1. The summed E-state index contributed by atoms with van der Waals surface area (Å²) in [6.45, 7) is 1.95. The number of piperidine rings is 1. The Morgan fingerprint density at radius 3 is 2.80 bits per heavy atom. The number of carbonyl (C=O) groups is 1. The molecule has 0 radical (unpaired) electrons. The number of hydrogen-bond donors (Lipinski definition) is 2. The Bertz CT molecular complexity index is 1120. The van der Waals surface area contributed by atoms with Gasteiger partial charge in [0.1, 0.15) is 11.5 Å². The lowest BCUT2D eigenvalue weighted by Crippen LogP contribution is -2.68. The molecule has 5 aliphatic rings. The summed E-state index contributed by atoms with van der Waals surface area (Å²) in [6, 6.07) is 5.32. The zero-order chi connectivity index (χ0) is 24.4. The molecule has 192 valence electrons. The Kier molecular flexibility index (Phi) is 5.57. The number of ether oxygens (including phenoxy) is 2. The molecule has 1 spiro atoms. The minimum absolute atomic E-state index is 0.0156. The Morgan fingerprint density at radius 2 is 2.00 bits per heavy atom. The molecule has 1 aromatic rings. The predicted octanol–water partition coefficient (Wildman–Crippen LogP) is 3.67. The van der Waals surface area contributed by atoms with Crippen LogP contribution in [-0.4, -0.2) is 59.8 Å². The van der Waals surface area contributed by atoms with Gasteiger partial charge in [0.25, 0.3) is 0 Å². The number of amides is 2. The highest BCUT2D eigenvalue weighted by Crippen LogP contribution is 2.77. The van der Waals surface area contributed by atoms with Crippen LogP contribution in [0.5, 0.6) is 11.5 Å². The van der Waals surface area contributed by atoms with E-state index in [4.69, 9.17) is 9.47 Å². The van der Waals surface area contributed by atoms with Gasteiger partial charge in [0.05, 0.1) is 28.8 Å². The summed E-state index contributed by atoms with van der Waals surface area (Å²) >= 11 is 0. The van der Waals surface area contributed by atoms with Crippen molar-refractivity contribution in [3.8, 4) is 11.5 Å². The van der Waals surface area contributed by atoms with Crippen molar-refractivity contribution in [2.75, 3.05) is 33.9 Å². The van der Waals surface area contributed by atoms with Crippen LogP contribution in [0.25, 0.3) is 0 Å². The third-order valence-corrected chi connectivity index (χ3v) is 12.3. The number of nitrogens with one attached hydrogen (secondary N) is 2. The number of rotatable bonds is 7. The van der Waals surface area contributed by atoms with Crippen molar-refractivity contribution in [3.63, 3.8) is 0 Å². The first kappa shape index (κ1) is 23.5. The SMILES string of the molecule is C=S(=O)(c1ccc(OC)cc1OC)N1CCCC(CNC(=O)NC23CC4CC5CC(C2)C3(C5)C4)C1. The summed E-state index contributed by atoms with van der Waals surface area (Å²) in [7, 11) is 0.454. The van der Waals surface area contributed by atoms with Crippen LogP contribution < -0.4 is 20.1 Å². The fraction of sp³-hybridized carbons (Fsp3) is 0.704. The van der Waals surface area contributed by atoms with E-state index < -0.39 is 9.71 Å². The van der Waals surface area contributed by atoms with Crippen molar-refractivity contribution in [2.45, 2.75) is 61.8 Å². The second-order valence-electron chi connectivity index (χ2n) is 11.8. The molecule has 7 atom stereocenters. The van der Waals surface area contributed by atoms with Crippen LogP contribution in [0.4, 0.5) is 4.79 Å². The third-order valence-electron chi connectivity index (χ3n) is 10.1. The molecule has 8 heteroatoms. The summed E-state index contributed by atoms with van der Waals surface area (Å²) < 4.78 is 26.6. The largest absolute Gasteiger partial charge is 0.497 e. The van der Waals surface area contributed by atoms with Gasteiger partial charge >= 0.3 is 6.03 Å². The fourth-order valence-electron chi connectivity index (χ4n) is 8.74. The Balaban J connectivity index is 1.08. The van der Waals surface area contributed by atoms with E-state index in [1.165, 1.54) is 38.5 Å². The van der Waals surface area contributed by atoms with E-state index in [1.54, 1.807) is 32.4 Å². The van der Waals surface area contributed by atoms with E-state index in [9.17, 15) is 9.00 Å². The van der Waals surface area contributed by atoms with Crippen LogP contribution in [0, 0.1) is 29.1 Å². The second kappa shape index (κ2) is 8.30. The van der Waals surface area contributed by atoms with Gasteiger partial charge in [-0.05, 0) is 98.5 Å². The highest BCUT2D eigenvalue weighted by Gasteiger charge is 2.74. The fourth-order valence-corrected chi connectivity index (χ4v) is 10.6. The number of urea groups is 1. The topological polar surface area (TPSA) is 79.9 Å². The average Bonchev–Trinajstić information content (AvgIpc) is 3.17. The standard InChI is InChI=1S/C27H39N3O4S/c1-33-22-6-7-24(23(11-22)34-2)35(3,32)30-8-4-5-18(17-30)16-28-25(31)29-27-14-20-9-19-10-21(15-27)26(27,12-19)13-20/h6-7,11,18-21H,3-5,8-10,12-17H2,1-2H3,(H2,28,29,31). The van der Waals surface area contributed by atoms with E-state index in [-0.39, 0.29) is 17.5 Å². The number of benzene rings is 1.